The average molecular weight is 469 g/mol. The molecule has 4 rings (SSSR count). The minimum Gasteiger partial charge on any atom is -0.488 e. The van der Waals surface area contributed by atoms with Crippen molar-refractivity contribution in [3.63, 3.8) is 0 Å². The lowest BCUT2D eigenvalue weighted by Crippen LogP contribution is -2.05. The van der Waals surface area contributed by atoms with Gasteiger partial charge in [-0.3, -0.25) is 0 Å². The molecule has 152 valence electrons. The summed E-state index contributed by atoms with van der Waals surface area (Å²) in [5.41, 5.74) is 2.50. The van der Waals surface area contributed by atoms with E-state index < -0.39 is 5.97 Å². The second kappa shape index (κ2) is 8.71. The maximum Gasteiger partial charge on any atom is 0.342 e. The van der Waals surface area contributed by atoms with Crippen LogP contribution in [-0.2, 0) is 11.3 Å². The smallest absolute Gasteiger partial charge is 0.342 e. The lowest BCUT2D eigenvalue weighted by molar-refractivity contribution is 0.0528. The van der Waals surface area contributed by atoms with E-state index in [2.05, 4.69) is 15.9 Å². The number of hydrogen-bond acceptors (Lipinski definition) is 4. The van der Waals surface area contributed by atoms with Crippen LogP contribution in [0.1, 0.15) is 22.8 Å². The molecule has 4 nitrogen and oxygen atoms in total. The first-order valence-corrected chi connectivity index (χ1v) is 10.2. The molecular weight excluding hydrogens is 451 g/mol. The Morgan fingerprint density at radius 2 is 1.80 bits per heavy atom. The number of fused-ring (bicyclic) bond motifs is 1. The van der Waals surface area contributed by atoms with E-state index in [-0.39, 0.29) is 19.0 Å². The van der Waals surface area contributed by atoms with Crippen LogP contribution in [0, 0.1) is 5.82 Å². The topological polar surface area (TPSA) is 48.7 Å². The van der Waals surface area contributed by atoms with E-state index in [9.17, 15) is 9.18 Å². The van der Waals surface area contributed by atoms with Gasteiger partial charge in [-0.1, -0.05) is 42.5 Å². The van der Waals surface area contributed by atoms with Gasteiger partial charge in [-0.2, -0.15) is 0 Å². The van der Waals surface area contributed by atoms with Crippen molar-refractivity contribution in [2.45, 2.75) is 13.5 Å². The van der Waals surface area contributed by atoms with Gasteiger partial charge in [0.2, 0.25) is 0 Å². The number of furan rings is 1. The van der Waals surface area contributed by atoms with Gasteiger partial charge in [0.15, 0.2) is 0 Å². The van der Waals surface area contributed by atoms with Crippen LogP contribution in [0.2, 0.25) is 0 Å². The molecule has 0 atom stereocenters. The normalized spacial score (nSPS) is 10.9. The van der Waals surface area contributed by atoms with E-state index in [1.807, 2.05) is 30.3 Å². The zero-order valence-electron chi connectivity index (χ0n) is 16.2. The third-order valence-electron chi connectivity index (χ3n) is 4.57. The number of rotatable bonds is 6. The zero-order chi connectivity index (χ0) is 21.1. The van der Waals surface area contributed by atoms with E-state index in [1.54, 1.807) is 31.2 Å². The van der Waals surface area contributed by atoms with Gasteiger partial charge >= 0.3 is 5.97 Å². The molecule has 1 aromatic heterocycles. The molecule has 0 N–H and O–H groups in total. The predicted molar refractivity (Wildman–Crippen MR) is 116 cm³/mol. The minimum atomic E-state index is -0.457. The molecule has 0 saturated carbocycles. The molecule has 0 spiro atoms. The summed E-state index contributed by atoms with van der Waals surface area (Å²) in [5, 5.41) is 0.601. The fourth-order valence-corrected chi connectivity index (χ4v) is 3.59. The lowest BCUT2D eigenvalue weighted by Gasteiger charge is -2.09. The first kappa shape index (κ1) is 20.2. The number of esters is 1. The molecule has 4 aromatic rings. The summed E-state index contributed by atoms with van der Waals surface area (Å²) in [6.07, 6.45) is 0. The summed E-state index contributed by atoms with van der Waals surface area (Å²) >= 11 is 3.50. The third-order valence-corrected chi connectivity index (χ3v) is 5.19. The molecule has 0 aliphatic heterocycles. The van der Waals surface area contributed by atoms with E-state index in [4.69, 9.17) is 13.9 Å². The van der Waals surface area contributed by atoms with E-state index >= 15 is 0 Å². The Hall–Kier alpha value is -3.12. The highest BCUT2D eigenvalue weighted by Crippen LogP contribution is 2.39. The SMILES string of the molecule is CCOC(=O)c1c(-c2ccccc2)oc2cc(Br)c(OCc3ccc(F)cc3)cc12. The largest absolute Gasteiger partial charge is 0.488 e. The Morgan fingerprint density at radius 3 is 2.50 bits per heavy atom. The van der Waals surface area contributed by atoms with Gasteiger partial charge in [0, 0.05) is 10.9 Å². The highest BCUT2D eigenvalue weighted by molar-refractivity contribution is 9.10. The van der Waals surface area contributed by atoms with Gasteiger partial charge in [0.05, 0.1) is 11.1 Å². The lowest BCUT2D eigenvalue weighted by atomic mass is 10.1. The summed E-state index contributed by atoms with van der Waals surface area (Å²) < 4.78 is 31.0. The summed E-state index contributed by atoms with van der Waals surface area (Å²) in [7, 11) is 0. The molecule has 0 aliphatic rings. The molecule has 6 heteroatoms. The van der Waals surface area contributed by atoms with Crippen molar-refractivity contribution in [1.82, 2.24) is 0 Å². The Bertz CT molecular complexity index is 1180. The summed E-state index contributed by atoms with van der Waals surface area (Å²) in [4.78, 5) is 12.8. The van der Waals surface area contributed by atoms with E-state index in [1.165, 1.54) is 12.1 Å². The Balaban J connectivity index is 1.76. The van der Waals surface area contributed by atoms with Crippen molar-refractivity contribution >= 4 is 32.9 Å². The second-order valence-electron chi connectivity index (χ2n) is 6.59. The Labute approximate surface area is 181 Å². The maximum atomic E-state index is 13.1. The van der Waals surface area contributed by atoms with Crippen LogP contribution >= 0.6 is 15.9 Å². The summed E-state index contributed by atoms with van der Waals surface area (Å²) in [5.74, 6) is 0.235. The van der Waals surface area contributed by atoms with Gasteiger partial charge in [0.25, 0.3) is 0 Å². The Morgan fingerprint density at radius 1 is 1.07 bits per heavy atom. The fourth-order valence-electron chi connectivity index (χ4n) is 3.15. The molecule has 0 bridgehead atoms. The molecule has 0 saturated heterocycles. The second-order valence-corrected chi connectivity index (χ2v) is 7.44. The van der Waals surface area contributed by atoms with E-state index in [0.717, 1.165) is 11.1 Å². The third kappa shape index (κ3) is 4.09. The number of carbonyl (C=O) groups is 1. The van der Waals surface area contributed by atoms with Crippen molar-refractivity contribution < 1.29 is 23.1 Å². The molecular formula is C24H18BrFO4. The fraction of sp³-hybridized carbons (Fsp3) is 0.125. The van der Waals surface area contributed by atoms with Crippen LogP contribution in [0.15, 0.2) is 75.6 Å². The molecule has 3 aromatic carbocycles. The maximum absolute atomic E-state index is 13.1. The first-order valence-electron chi connectivity index (χ1n) is 9.42. The number of hydrogen-bond donors (Lipinski definition) is 0. The van der Waals surface area contributed by atoms with Gasteiger partial charge in [-0.15, -0.1) is 0 Å². The van der Waals surface area contributed by atoms with Crippen LogP contribution in [0.4, 0.5) is 4.39 Å². The van der Waals surface area contributed by atoms with Crippen LogP contribution in [0.3, 0.4) is 0 Å². The van der Waals surface area contributed by atoms with Crippen LogP contribution in [0.5, 0.6) is 5.75 Å². The predicted octanol–water partition coefficient (Wildman–Crippen LogP) is 6.76. The summed E-state index contributed by atoms with van der Waals surface area (Å²) in [6, 6.07) is 19.0. The standard InChI is InChI=1S/C24H18BrFO4/c1-2-28-24(27)22-18-12-21(29-14-15-8-10-17(26)11-9-15)19(25)13-20(18)30-23(22)16-6-4-3-5-7-16/h3-13H,2,14H2,1H3. The zero-order valence-corrected chi connectivity index (χ0v) is 17.7. The average Bonchev–Trinajstić information content (AvgIpc) is 3.12. The highest BCUT2D eigenvalue weighted by atomic mass is 79.9. The number of halogens is 2. The van der Waals surface area contributed by atoms with Crippen molar-refractivity contribution in [1.29, 1.82) is 0 Å². The molecule has 0 radical (unpaired) electrons. The monoisotopic (exact) mass is 468 g/mol. The number of benzene rings is 3. The minimum absolute atomic E-state index is 0.253. The van der Waals surface area contributed by atoms with E-state index in [0.29, 0.717) is 32.5 Å². The van der Waals surface area contributed by atoms with Gasteiger partial charge in [-0.05, 0) is 52.7 Å². The quantitative estimate of drug-likeness (QED) is 0.293. The van der Waals surface area contributed by atoms with Gasteiger partial charge in [-0.25, -0.2) is 9.18 Å². The number of ether oxygens (including phenoxy) is 2. The van der Waals surface area contributed by atoms with Crippen molar-refractivity contribution in [3.8, 4) is 17.1 Å². The highest BCUT2D eigenvalue weighted by Gasteiger charge is 2.24. The van der Waals surface area contributed by atoms with Crippen LogP contribution in [-0.4, -0.2) is 12.6 Å². The molecule has 0 amide bonds. The van der Waals surface area contributed by atoms with Crippen LogP contribution < -0.4 is 4.74 Å². The molecule has 0 fully saturated rings. The van der Waals surface area contributed by atoms with Crippen molar-refractivity contribution in [3.05, 3.63) is 88.1 Å². The van der Waals surface area contributed by atoms with Crippen molar-refractivity contribution in [2.24, 2.45) is 0 Å². The van der Waals surface area contributed by atoms with Crippen molar-refractivity contribution in [2.75, 3.05) is 6.61 Å². The Kier molecular flexibility index (Phi) is 5.86. The number of carbonyl (C=O) groups excluding carboxylic acids is 1. The molecule has 0 aliphatic carbocycles. The first-order chi connectivity index (χ1) is 14.6. The molecule has 30 heavy (non-hydrogen) atoms. The summed E-state index contributed by atoms with van der Waals surface area (Å²) in [6.45, 7) is 2.27. The molecule has 1 heterocycles. The van der Waals surface area contributed by atoms with Gasteiger partial charge < -0.3 is 13.9 Å². The van der Waals surface area contributed by atoms with Crippen LogP contribution in [0.25, 0.3) is 22.3 Å². The van der Waals surface area contributed by atoms with Gasteiger partial charge in [0.1, 0.15) is 35.1 Å². The molecule has 0 unspecified atom stereocenters.